The van der Waals surface area contributed by atoms with Crippen molar-refractivity contribution in [2.24, 2.45) is 5.92 Å². The van der Waals surface area contributed by atoms with Crippen LogP contribution in [0.25, 0.3) is 10.9 Å². The molecule has 35 heavy (non-hydrogen) atoms. The monoisotopic (exact) mass is 477 g/mol. The SMILES string of the molecule is CCOC(=O)C1CCN(c2nc(Cc3ccc4c(c3)OCO4)c3c(N)c(N(C)C)ccc3n2)CC1. The zero-order valence-corrected chi connectivity index (χ0v) is 20.4. The molecule has 0 radical (unpaired) electrons. The number of nitrogen functional groups attached to an aromatic ring is 1. The Morgan fingerprint density at radius 3 is 2.66 bits per heavy atom. The minimum absolute atomic E-state index is 0.0712. The van der Waals surface area contributed by atoms with Crippen molar-refractivity contribution in [2.45, 2.75) is 26.2 Å². The number of fused-ring (bicyclic) bond motifs is 2. The van der Waals surface area contributed by atoms with Crippen LogP contribution in [0.5, 0.6) is 11.5 Å². The topological polar surface area (TPSA) is 103 Å². The van der Waals surface area contributed by atoms with Crippen molar-refractivity contribution in [2.75, 3.05) is 56.1 Å². The summed E-state index contributed by atoms with van der Waals surface area (Å²) < 4.78 is 16.2. The number of piperidine rings is 1. The molecule has 1 aromatic heterocycles. The van der Waals surface area contributed by atoms with E-state index in [0.29, 0.717) is 37.8 Å². The fourth-order valence-corrected chi connectivity index (χ4v) is 4.78. The summed E-state index contributed by atoms with van der Waals surface area (Å²) in [7, 11) is 3.94. The summed E-state index contributed by atoms with van der Waals surface area (Å²) in [5, 5.41) is 0.860. The van der Waals surface area contributed by atoms with Crippen molar-refractivity contribution < 1.29 is 19.0 Å². The fourth-order valence-electron chi connectivity index (χ4n) is 4.78. The Bertz CT molecular complexity index is 1250. The van der Waals surface area contributed by atoms with E-state index in [1.54, 1.807) is 0 Å². The van der Waals surface area contributed by atoms with Gasteiger partial charge in [-0.25, -0.2) is 9.97 Å². The van der Waals surface area contributed by atoms with Gasteiger partial charge in [0.15, 0.2) is 11.5 Å². The lowest BCUT2D eigenvalue weighted by Gasteiger charge is -2.31. The number of hydrogen-bond donors (Lipinski definition) is 1. The number of rotatable bonds is 6. The van der Waals surface area contributed by atoms with Gasteiger partial charge in [0.25, 0.3) is 0 Å². The molecule has 3 aromatic rings. The maximum Gasteiger partial charge on any atom is 0.309 e. The molecule has 2 N–H and O–H groups in total. The lowest BCUT2D eigenvalue weighted by atomic mass is 9.97. The second kappa shape index (κ2) is 9.48. The van der Waals surface area contributed by atoms with Crippen LogP contribution in [-0.4, -0.2) is 56.5 Å². The number of carbonyl (C=O) groups excluding carboxylic acids is 1. The molecule has 0 amide bonds. The molecule has 9 nitrogen and oxygen atoms in total. The molecule has 0 atom stereocenters. The van der Waals surface area contributed by atoms with Gasteiger partial charge in [0.2, 0.25) is 12.7 Å². The predicted molar refractivity (Wildman–Crippen MR) is 135 cm³/mol. The van der Waals surface area contributed by atoms with Gasteiger partial charge in [-0.3, -0.25) is 4.79 Å². The van der Waals surface area contributed by atoms with Crippen molar-refractivity contribution in [3.8, 4) is 11.5 Å². The van der Waals surface area contributed by atoms with Crippen molar-refractivity contribution in [1.82, 2.24) is 9.97 Å². The van der Waals surface area contributed by atoms with Gasteiger partial charge in [-0.2, -0.15) is 0 Å². The van der Waals surface area contributed by atoms with Crippen LogP contribution in [0.4, 0.5) is 17.3 Å². The molecular formula is C26H31N5O4. The van der Waals surface area contributed by atoms with Crippen LogP contribution < -0.4 is 25.0 Å². The van der Waals surface area contributed by atoms with Crippen LogP contribution in [-0.2, 0) is 16.0 Å². The Kier molecular flexibility index (Phi) is 6.23. The van der Waals surface area contributed by atoms with E-state index in [0.717, 1.165) is 52.2 Å². The summed E-state index contributed by atoms with van der Waals surface area (Å²) in [5.74, 6) is 1.97. The quantitative estimate of drug-likeness (QED) is 0.423. The summed E-state index contributed by atoms with van der Waals surface area (Å²) in [5.41, 5.74) is 10.9. The minimum Gasteiger partial charge on any atom is -0.466 e. The molecule has 0 bridgehead atoms. The predicted octanol–water partition coefficient (Wildman–Crippen LogP) is 3.38. The first-order valence-corrected chi connectivity index (χ1v) is 12.0. The Balaban J connectivity index is 1.51. The Labute approximate surface area is 204 Å². The first kappa shape index (κ1) is 23.0. The largest absolute Gasteiger partial charge is 0.466 e. The molecule has 0 unspecified atom stereocenters. The molecule has 0 spiro atoms. The van der Waals surface area contributed by atoms with Gasteiger partial charge >= 0.3 is 5.97 Å². The second-order valence-corrected chi connectivity index (χ2v) is 9.13. The van der Waals surface area contributed by atoms with E-state index >= 15 is 0 Å². The van der Waals surface area contributed by atoms with Gasteiger partial charge in [0, 0.05) is 39.0 Å². The van der Waals surface area contributed by atoms with Gasteiger partial charge < -0.3 is 29.7 Å². The number of ether oxygens (including phenoxy) is 3. The molecule has 2 aliphatic heterocycles. The summed E-state index contributed by atoms with van der Waals surface area (Å²) in [4.78, 5) is 26.2. The molecule has 0 aliphatic carbocycles. The molecule has 1 saturated heterocycles. The van der Waals surface area contributed by atoms with Gasteiger partial charge in [-0.05, 0) is 49.6 Å². The number of nitrogens with zero attached hydrogens (tertiary/aromatic N) is 4. The third-order valence-electron chi connectivity index (χ3n) is 6.63. The maximum atomic E-state index is 12.2. The third kappa shape index (κ3) is 4.50. The van der Waals surface area contributed by atoms with Crippen LogP contribution in [0.3, 0.4) is 0 Å². The second-order valence-electron chi connectivity index (χ2n) is 9.13. The normalized spacial score (nSPS) is 15.5. The molecule has 1 fully saturated rings. The van der Waals surface area contributed by atoms with E-state index in [4.69, 9.17) is 29.9 Å². The third-order valence-corrected chi connectivity index (χ3v) is 6.63. The molecule has 184 valence electrons. The van der Waals surface area contributed by atoms with Crippen molar-refractivity contribution in [1.29, 1.82) is 0 Å². The molecule has 2 aliphatic rings. The lowest BCUT2D eigenvalue weighted by Crippen LogP contribution is -2.38. The molecule has 9 heteroatoms. The summed E-state index contributed by atoms with van der Waals surface area (Å²) >= 11 is 0. The van der Waals surface area contributed by atoms with Crippen LogP contribution >= 0.6 is 0 Å². The van der Waals surface area contributed by atoms with Gasteiger partial charge in [0.05, 0.1) is 35.1 Å². The Morgan fingerprint density at radius 1 is 1.14 bits per heavy atom. The highest BCUT2D eigenvalue weighted by Crippen LogP contribution is 2.36. The highest BCUT2D eigenvalue weighted by molar-refractivity contribution is 5.99. The highest BCUT2D eigenvalue weighted by atomic mass is 16.7. The van der Waals surface area contributed by atoms with Crippen molar-refractivity contribution in [3.05, 3.63) is 41.6 Å². The average Bonchev–Trinajstić information content (AvgIpc) is 3.32. The number of hydrogen-bond acceptors (Lipinski definition) is 9. The van der Waals surface area contributed by atoms with Crippen LogP contribution in [0, 0.1) is 5.92 Å². The summed E-state index contributed by atoms with van der Waals surface area (Å²) in [6.45, 7) is 3.88. The van der Waals surface area contributed by atoms with Gasteiger partial charge in [0.1, 0.15) is 0 Å². The van der Waals surface area contributed by atoms with Crippen molar-refractivity contribution in [3.63, 3.8) is 0 Å². The molecule has 0 saturated carbocycles. The molecule has 2 aromatic carbocycles. The minimum atomic E-state index is -0.112. The Hall–Kier alpha value is -3.75. The lowest BCUT2D eigenvalue weighted by molar-refractivity contribution is -0.148. The first-order chi connectivity index (χ1) is 16.9. The molecule has 5 rings (SSSR count). The van der Waals surface area contributed by atoms with E-state index < -0.39 is 0 Å². The van der Waals surface area contributed by atoms with Crippen LogP contribution in [0.15, 0.2) is 30.3 Å². The zero-order valence-electron chi connectivity index (χ0n) is 20.4. The average molecular weight is 478 g/mol. The fraction of sp³-hybridized carbons (Fsp3) is 0.423. The standard InChI is InChI=1S/C26H31N5O4/c1-4-33-25(32)17-9-11-31(12-10-17)26-28-18-6-7-20(30(2)3)24(27)23(18)19(29-26)13-16-5-8-21-22(14-16)35-15-34-21/h5-8,14,17H,4,9-13,15,27H2,1-3H3. The summed E-state index contributed by atoms with van der Waals surface area (Å²) in [6, 6.07) is 9.94. The van der Waals surface area contributed by atoms with E-state index in [2.05, 4.69) is 4.90 Å². The van der Waals surface area contributed by atoms with Gasteiger partial charge in [-0.15, -0.1) is 0 Å². The summed E-state index contributed by atoms with van der Waals surface area (Å²) in [6.07, 6.45) is 2.02. The Morgan fingerprint density at radius 2 is 1.91 bits per heavy atom. The van der Waals surface area contributed by atoms with E-state index in [-0.39, 0.29) is 18.7 Å². The van der Waals surface area contributed by atoms with Gasteiger partial charge in [-0.1, -0.05) is 6.07 Å². The van der Waals surface area contributed by atoms with Crippen LogP contribution in [0.2, 0.25) is 0 Å². The van der Waals surface area contributed by atoms with Crippen molar-refractivity contribution >= 4 is 34.2 Å². The first-order valence-electron chi connectivity index (χ1n) is 12.0. The highest BCUT2D eigenvalue weighted by Gasteiger charge is 2.28. The molecular weight excluding hydrogens is 446 g/mol. The van der Waals surface area contributed by atoms with E-state index in [9.17, 15) is 4.79 Å². The zero-order chi connectivity index (χ0) is 24.5. The number of anilines is 3. The van der Waals surface area contributed by atoms with E-state index in [1.165, 1.54) is 0 Å². The number of esters is 1. The number of aromatic nitrogens is 2. The maximum absolute atomic E-state index is 12.2. The smallest absolute Gasteiger partial charge is 0.309 e. The number of nitrogens with two attached hydrogens (primary N) is 1. The number of carbonyl (C=O) groups is 1. The number of benzene rings is 2. The van der Waals surface area contributed by atoms with E-state index in [1.807, 2.05) is 56.3 Å². The van der Waals surface area contributed by atoms with Crippen LogP contribution in [0.1, 0.15) is 31.0 Å². The molecule has 3 heterocycles.